The number of halogens is 2. The normalized spacial score (nSPS) is 11.7. The highest BCUT2D eigenvalue weighted by Gasteiger charge is 2.05. The molecule has 0 aliphatic carbocycles. The van der Waals surface area contributed by atoms with Gasteiger partial charge in [-0.2, -0.15) is 5.10 Å². The molecule has 0 saturated heterocycles. The van der Waals surface area contributed by atoms with Crippen LogP contribution in [0.25, 0.3) is 12.2 Å². The van der Waals surface area contributed by atoms with Crippen molar-refractivity contribution in [3.63, 3.8) is 0 Å². The smallest absolute Gasteiger partial charge is 0.126 e. The predicted octanol–water partition coefficient (Wildman–Crippen LogP) is 2.25. The van der Waals surface area contributed by atoms with Crippen LogP contribution in [-0.4, -0.2) is 35.2 Å². The summed E-state index contributed by atoms with van der Waals surface area (Å²) in [6.07, 6.45) is 5.14. The van der Waals surface area contributed by atoms with Crippen molar-refractivity contribution >= 4 is 12.2 Å². The van der Waals surface area contributed by atoms with E-state index in [2.05, 4.69) is 15.1 Å². The molecule has 0 aliphatic rings. The number of H-pyrrole nitrogens is 1. The van der Waals surface area contributed by atoms with Gasteiger partial charge in [0.2, 0.25) is 0 Å². The number of aromatic nitrogens is 2. The molecule has 3 N–H and O–H groups in total. The van der Waals surface area contributed by atoms with Crippen LogP contribution in [0.15, 0.2) is 24.4 Å². The zero-order chi connectivity index (χ0) is 15.2. The largest absolute Gasteiger partial charge is 0.329 e. The Labute approximate surface area is 122 Å². The molecule has 0 amide bonds. The topological polar surface area (TPSA) is 57.9 Å². The Balaban J connectivity index is 2.12. The molecule has 4 nitrogen and oxygen atoms in total. The van der Waals surface area contributed by atoms with Gasteiger partial charge in [-0.25, -0.2) is 8.78 Å². The molecule has 1 heterocycles. The summed E-state index contributed by atoms with van der Waals surface area (Å²) in [5, 5.41) is 6.87. The van der Waals surface area contributed by atoms with E-state index in [9.17, 15) is 8.78 Å². The van der Waals surface area contributed by atoms with E-state index in [0.29, 0.717) is 18.7 Å². The Bertz CT molecular complexity index is 602. The Morgan fingerprint density at radius 1 is 1.24 bits per heavy atom. The number of rotatable bonds is 6. The summed E-state index contributed by atoms with van der Waals surface area (Å²) < 4.78 is 26.2. The van der Waals surface area contributed by atoms with Crippen LogP contribution in [0.2, 0.25) is 0 Å². The van der Waals surface area contributed by atoms with Gasteiger partial charge in [0.25, 0.3) is 0 Å². The van der Waals surface area contributed by atoms with Crippen molar-refractivity contribution < 1.29 is 8.78 Å². The first-order chi connectivity index (χ1) is 10.1. The molecule has 0 spiro atoms. The molecular weight excluding hydrogens is 274 g/mol. The van der Waals surface area contributed by atoms with Crippen LogP contribution in [0.3, 0.4) is 0 Å². The fourth-order valence-corrected chi connectivity index (χ4v) is 2.03. The Morgan fingerprint density at radius 2 is 1.95 bits per heavy atom. The van der Waals surface area contributed by atoms with Gasteiger partial charge in [-0.1, -0.05) is 6.08 Å². The molecule has 2 rings (SSSR count). The van der Waals surface area contributed by atoms with Crippen LogP contribution in [0.5, 0.6) is 0 Å². The quantitative estimate of drug-likeness (QED) is 0.858. The highest BCUT2D eigenvalue weighted by atomic mass is 19.1. The summed E-state index contributed by atoms with van der Waals surface area (Å²) in [6, 6.07) is 3.40. The second-order valence-electron chi connectivity index (χ2n) is 4.87. The first kappa shape index (κ1) is 15.3. The third-order valence-electron chi connectivity index (χ3n) is 3.03. The maximum atomic E-state index is 13.1. The van der Waals surface area contributed by atoms with Gasteiger partial charge in [0.15, 0.2) is 0 Å². The fourth-order valence-electron chi connectivity index (χ4n) is 2.03. The summed E-state index contributed by atoms with van der Waals surface area (Å²) in [4.78, 5) is 2.07. The van der Waals surface area contributed by atoms with Crippen molar-refractivity contribution in [3.05, 3.63) is 52.9 Å². The first-order valence-electron chi connectivity index (χ1n) is 6.63. The van der Waals surface area contributed by atoms with Gasteiger partial charge in [-0.3, -0.25) is 5.10 Å². The molecule has 2 aromatic rings. The maximum Gasteiger partial charge on any atom is 0.126 e. The standard InChI is InChI=1S/C15H18F2N4/c1-21(5-4-18)10-12-9-19-20-15(12)3-2-11-6-13(16)8-14(17)7-11/h2-3,6-9H,4-5,10,18H2,1H3,(H,19,20)/b3-2+. The third-order valence-corrected chi connectivity index (χ3v) is 3.03. The lowest BCUT2D eigenvalue weighted by Gasteiger charge is -2.14. The van der Waals surface area contributed by atoms with Gasteiger partial charge < -0.3 is 10.6 Å². The van der Waals surface area contributed by atoms with Crippen molar-refractivity contribution in [2.45, 2.75) is 6.54 Å². The molecule has 0 radical (unpaired) electrons. The molecule has 0 saturated carbocycles. The second-order valence-corrected chi connectivity index (χ2v) is 4.87. The molecule has 0 bridgehead atoms. The summed E-state index contributed by atoms with van der Waals surface area (Å²) in [7, 11) is 1.97. The SMILES string of the molecule is CN(CCN)Cc1cn[nH]c1/C=C/c1cc(F)cc(F)c1. The molecular formula is C15H18F2N4. The van der Waals surface area contributed by atoms with Crippen LogP contribution in [0.4, 0.5) is 8.78 Å². The number of aromatic amines is 1. The maximum absolute atomic E-state index is 13.1. The third kappa shape index (κ3) is 4.47. The Kier molecular flexibility index (Phi) is 5.19. The van der Waals surface area contributed by atoms with Crippen LogP contribution < -0.4 is 5.73 Å². The minimum atomic E-state index is -0.595. The van der Waals surface area contributed by atoms with Gasteiger partial charge in [-0.15, -0.1) is 0 Å². The summed E-state index contributed by atoms with van der Waals surface area (Å²) in [5.41, 5.74) is 7.78. The van der Waals surface area contributed by atoms with Crippen molar-refractivity contribution in [2.24, 2.45) is 5.73 Å². The van der Waals surface area contributed by atoms with Gasteiger partial charge in [0, 0.05) is 31.3 Å². The Morgan fingerprint density at radius 3 is 2.62 bits per heavy atom. The highest BCUT2D eigenvalue weighted by Crippen LogP contribution is 2.14. The number of nitrogens with zero attached hydrogens (tertiary/aromatic N) is 2. The van der Waals surface area contributed by atoms with E-state index in [1.54, 1.807) is 18.3 Å². The fraction of sp³-hybridized carbons (Fsp3) is 0.267. The van der Waals surface area contributed by atoms with E-state index in [-0.39, 0.29) is 0 Å². The average molecular weight is 292 g/mol. The van der Waals surface area contributed by atoms with Gasteiger partial charge >= 0.3 is 0 Å². The van der Waals surface area contributed by atoms with E-state index in [4.69, 9.17) is 5.73 Å². The molecule has 6 heteroatoms. The Hall–Kier alpha value is -2.05. The monoisotopic (exact) mass is 292 g/mol. The molecule has 1 aromatic carbocycles. The minimum absolute atomic E-state index is 0.461. The molecule has 0 fully saturated rings. The summed E-state index contributed by atoms with van der Waals surface area (Å²) in [5.74, 6) is -1.19. The van der Waals surface area contributed by atoms with Crippen LogP contribution in [-0.2, 0) is 6.54 Å². The van der Waals surface area contributed by atoms with E-state index in [0.717, 1.165) is 23.9 Å². The lowest BCUT2D eigenvalue weighted by atomic mass is 10.1. The number of hydrogen-bond acceptors (Lipinski definition) is 3. The zero-order valence-corrected chi connectivity index (χ0v) is 11.8. The summed E-state index contributed by atoms with van der Waals surface area (Å²) in [6.45, 7) is 2.07. The predicted molar refractivity (Wildman–Crippen MR) is 79.3 cm³/mol. The van der Waals surface area contributed by atoms with Crippen molar-refractivity contribution in [1.82, 2.24) is 15.1 Å². The molecule has 112 valence electrons. The summed E-state index contributed by atoms with van der Waals surface area (Å²) >= 11 is 0. The van der Waals surface area contributed by atoms with Crippen LogP contribution in [0.1, 0.15) is 16.8 Å². The van der Waals surface area contributed by atoms with Crippen molar-refractivity contribution in [1.29, 1.82) is 0 Å². The number of likely N-dealkylation sites (N-methyl/N-ethyl adjacent to an activating group) is 1. The number of hydrogen-bond donors (Lipinski definition) is 2. The van der Waals surface area contributed by atoms with Crippen LogP contribution >= 0.6 is 0 Å². The molecule has 1 aromatic heterocycles. The zero-order valence-electron chi connectivity index (χ0n) is 11.8. The van der Waals surface area contributed by atoms with Gasteiger partial charge in [0.1, 0.15) is 11.6 Å². The van der Waals surface area contributed by atoms with E-state index < -0.39 is 11.6 Å². The lowest BCUT2D eigenvalue weighted by Crippen LogP contribution is -2.25. The van der Waals surface area contributed by atoms with Crippen molar-refractivity contribution in [3.8, 4) is 0 Å². The van der Waals surface area contributed by atoms with E-state index >= 15 is 0 Å². The highest BCUT2D eigenvalue weighted by molar-refractivity contribution is 5.69. The lowest BCUT2D eigenvalue weighted by molar-refractivity contribution is 0.336. The second kappa shape index (κ2) is 7.10. The van der Waals surface area contributed by atoms with E-state index in [1.807, 2.05) is 7.05 Å². The molecule has 0 atom stereocenters. The van der Waals surface area contributed by atoms with E-state index in [1.165, 1.54) is 12.1 Å². The van der Waals surface area contributed by atoms with Crippen LogP contribution in [0, 0.1) is 11.6 Å². The molecule has 0 aliphatic heterocycles. The van der Waals surface area contributed by atoms with Crippen molar-refractivity contribution in [2.75, 3.05) is 20.1 Å². The average Bonchev–Trinajstić information content (AvgIpc) is 2.83. The molecule has 21 heavy (non-hydrogen) atoms. The van der Waals surface area contributed by atoms with Gasteiger partial charge in [0.05, 0.1) is 11.9 Å². The number of benzene rings is 1. The first-order valence-corrected chi connectivity index (χ1v) is 6.63. The number of nitrogens with two attached hydrogens (primary N) is 1. The minimum Gasteiger partial charge on any atom is -0.329 e. The molecule has 0 unspecified atom stereocenters. The van der Waals surface area contributed by atoms with Gasteiger partial charge in [-0.05, 0) is 30.8 Å². The number of nitrogens with one attached hydrogen (secondary N) is 1.